The fourth-order valence-corrected chi connectivity index (χ4v) is 1.86. The number of para-hydroxylation sites is 1. The molecule has 0 amide bonds. The molecule has 0 saturated heterocycles. The van der Waals surface area contributed by atoms with Crippen LogP contribution in [0.5, 0.6) is 0 Å². The standard InChI is InChI=1S/C11H10ClNO/c1-7-8-4-2-3-5-10(8)13-11(12)9(7)6-14/h2-5,14H,6H2,1H3. The van der Waals surface area contributed by atoms with Crippen molar-refractivity contribution >= 4 is 22.5 Å². The van der Waals surface area contributed by atoms with E-state index in [1.807, 2.05) is 31.2 Å². The van der Waals surface area contributed by atoms with Crippen molar-refractivity contribution in [1.82, 2.24) is 4.98 Å². The lowest BCUT2D eigenvalue weighted by Gasteiger charge is -2.08. The van der Waals surface area contributed by atoms with Gasteiger partial charge in [0.25, 0.3) is 0 Å². The Morgan fingerprint density at radius 1 is 1.36 bits per heavy atom. The highest BCUT2D eigenvalue weighted by Gasteiger charge is 2.08. The molecule has 3 heteroatoms. The van der Waals surface area contributed by atoms with E-state index in [9.17, 15) is 0 Å². The Kier molecular flexibility index (Phi) is 2.40. The van der Waals surface area contributed by atoms with Crippen molar-refractivity contribution < 1.29 is 5.11 Å². The fourth-order valence-electron chi connectivity index (χ4n) is 1.56. The normalized spacial score (nSPS) is 10.8. The molecule has 2 rings (SSSR count). The Hall–Kier alpha value is -1.12. The molecule has 0 unspecified atom stereocenters. The van der Waals surface area contributed by atoms with Gasteiger partial charge in [0, 0.05) is 10.9 Å². The van der Waals surface area contributed by atoms with Gasteiger partial charge < -0.3 is 5.11 Å². The monoisotopic (exact) mass is 207 g/mol. The lowest BCUT2D eigenvalue weighted by molar-refractivity contribution is 0.281. The Balaban J connectivity index is 2.86. The van der Waals surface area contributed by atoms with Crippen molar-refractivity contribution in [2.75, 3.05) is 0 Å². The van der Waals surface area contributed by atoms with Crippen LogP contribution in [0.1, 0.15) is 11.1 Å². The van der Waals surface area contributed by atoms with E-state index >= 15 is 0 Å². The first kappa shape index (κ1) is 9.44. The SMILES string of the molecule is Cc1c(CO)c(Cl)nc2ccccc12. The summed E-state index contributed by atoms with van der Waals surface area (Å²) in [7, 11) is 0. The predicted molar refractivity (Wildman–Crippen MR) is 57.4 cm³/mol. The van der Waals surface area contributed by atoms with Crippen LogP contribution in [0.15, 0.2) is 24.3 Å². The first-order valence-corrected chi connectivity index (χ1v) is 4.76. The summed E-state index contributed by atoms with van der Waals surface area (Å²) in [6.07, 6.45) is 0. The van der Waals surface area contributed by atoms with Gasteiger partial charge in [0.1, 0.15) is 5.15 Å². The van der Waals surface area contributed by atoms with Crippen LogP contribution in [-0.2, 0) is 6.61 Å². The van der Waals surface area contributed by atoms with E-state index in [2.05, 4.69) is 4.98 Å². The highest BCUT2D eigenvalue weighted by atomic mass is 35.5. The zero-order chi connectivity index (χ0) is 10.1. The highest BCUT2D eigenvalue weighted by Crippen LogP contribution is 2.25. The maximum Gasteiger partial charge on any atom is 0.135 e. The zero-order valence-electron chi connectivity index (χ0n) is 7.79. The third-order valence-electron chi connectivity index (χ3n) is 2.39. The quantitative estimate of drug-likeness (QED) is 0.730. The molecule has 0 spiro atoms. The smallest absolute Gasteiger partial charge is 0.135 e. The van der Waals surface area contributed by atoms with E-state index in [1.54, 1.807) is 0 Å². The average Bonchev–Trinajstić information content (AvgIpc) is 2.18. The Labute approximate surface area is 87.2 Å². The Bertz CT molecular complexity index is 482. The summed E-state index contributed by atoms with van der Waals surface area (Å²) in [5.41, 5.74) is 2.58. The maximum absolute atomic E-state index is 9.13. The summed E-state index contributed by atoms with van der Waals surface area (Å²) >= 11 is 5.94. The van der Waals surface area contributed by atoms with E-state index in [4.69, 9.17) is 16.7 Å². The summed E-state index contributed by atoms with van der Waals surface area (Å²) in [6.45, 7) is 1.88. The molecule has 2 aromatic rings. The molecule has 0 atom stereocenters. The minimum Gasteiger partial charge on any atom is -0.392 e. The van der Waals surface area contributed by atoms with Gasteiger partial charge in [-0.05, 0) is 18.6 Å². The number of halogens is 1. The zero-order valence-corrected chi connectivity index (χ0v) is 8.54. The summed E-state index contributed by atoms with van der Waals surface area (Å²) < 4.78 is 0. The summed E-state index contributed by atoms with van der Waals surface area (Å²) in [5.74, 6) is 0. The minimum atomic E-state index is -0.0670. The van der Waals surface area contributed by atoms with E-state index in [1.165, 1.54) is 0 Å². The second-order valence-corrected chi connectivity index (χ2v) is 3.54. The number of pyridine rings is 1. The van der Waals surface area contributed by atoms with Crippen LogP contribution in [0.3, 0.4) is 0 Å². The molecule has 1 N–H and O–H groups in total. The van der Waals surface area contributed by atoms with E-state index < -0.39 is 0 Å². The van der Waals surface area contributed by atoms with Gasteiger partial charge in [0.05, 0.1) is 12.1 Å². The third kappa shape index (κ3) is 1.37. The van der Waals surface area contributed by atoms with Crippen LogP contribution in [-0.4, -0.2) is 10.1 Å². The number of aryl methyl sites for hydroxylation is 1. The second kappa shape index (κ2) is 3.56. The van der Waals surface area contributed by atoms with Crippen molar-refractivity contribution in [2.45, 2.75) is 13.5 Å². The molecule has 2 nitrogen and oxygen atoms in total. The highest BCUT2D eigenvalue weighted by molar-refractivity contribution is 6.30. The first-order valence-electron chi connectivity index (χ1n) is 4.38. The summed E-state index contributed by atoms with van der Waals surface area (Å²) in [4.78, 5) is 4.21. The van der Waals surface area contributed by atoms with Crippen LogP contribution in [0.4, 0.5) is 0 Å². The van der Waals surface area contributed by atoms with Crippen molar-refractivity contribution in [3.8, 4) is 0 Å². The van der Waals surface area contributed by atoms with Crippen molar-refractivity contribution in [3.63, 3.8) is 0 Å². The number of aromatic nitrogens is 1. The molecular formula is C11H10ClNO. The van der Waals surface area contributed by atoms with Crippen molar-refractivity contribution in [3.05, 3.63) is 40.5 Å². The number of nitrogens with zero attached hydrogens (tertiary/aromatic N) is 1. The molecule has 0 radical (unpaired) electrons. The first-order chi connectivity index (χ1) is 6.74. The summed E-state index contributed by atoms with van der Waals surface area (Å²) in [6, 6.07) is 7.76. The maximum atomic E-state index is 9.13. The van der Waals surface area contributed by atoms with Crippen LogP contribution in [0.2, 0.25) is 5.15 Å². The number of hydrogen-bond donors (Lipinski definition) is 1. The number of aliphatic hydroxyl groups is 1. The number of benzene rings is 1. The second-order valence-electron chi connectivity index (χ2n) is 3.18. The van der Waals surface area contributed by atoms with Gasteiger partial charge in [-0.15, -0.1) is 0 Å². The molecule has 0 aliphatic carbocycles. The van der Waals surface area contributed by atoms with Gasteiger partial charge in [-0.2, -0.15) is 0 Å². The molecular weight excluding hydrogens is 198 g/mol. The molecule has 1 aromatic heterocycles. The third-order valence-corrected chi connectivity index (χ3v) is 2.70. The molecule has 14 heavy (non-hydrogen) atoms. The van der Waals surface area contributed by atoms with Crippen molar-refractivity contribution in [1.29, 1.82) is 0 Å². The largest absolute Gasteiger partial charge is 0.392 e. The topological polar surface area (TPSA) is 33.1 Å². The summed E-state index contributed by atoms with van der Waals surface area (Å²) in [5, 5.41) is 10.6. The molecule has 0 saturated carbocycles. The van der Waals surface area contributed by atoms with Crippen molar-refractivity contribution in [2.24, 2.45) is 0 Å². The van der Waals surface area contributed by atoms with Gasteiger partial charge in [-0.25, -0.2) is 4.98 Å². The van der Waals surface area contributed by atoms with Crippen LogP contribution < -0.4 is 0 Å². The predicted octanol–water partition coefficient (Wildman–Crippen LogP) is 2.69. The Morgan fingerprint density at radius 3 is 2.79 bits per heavy atom. The molecule has 0 aliphatic heterocycles. The Morgan fingerprint density at radius 2 is 2.07 bits per heavy atom. The van der Waals surface area contributed by atoms with Gasteiger partial charge in [0.15, 0.2) is 0 Å². The van der Waals surface area contributed by atoms with Gasteiger partial charge in [-0.3, -0.25) is 0 Å². The number of fused-ring (bicyclic) bond motifs is 1. The van der Waals surface area contributed by atoms with Gasteiger partial charge >= 0.3 is 0 Å². The number of aliphatic hydroxyl groups excluding tert-OH is 1. The molecule has 0 aliphatic rings. The van der Waals surface area contributed by atoms with Gasteiger partial charge in [-0.1, -0.05) is 29.8 Å². The minimum absolute atomic E-state index is 0.0670. The lowest BCUT2D eigenvalue weighted by atomic mass is 10.1. The molecule has 1 heterocycles. The van der Waals surface area contributed by atoms with Crippen LogP contribution in [0, 0.1) is 6.92 Å². The molecule has 1 aromatic carbocycles. The van der Waals surface area contributed by atoms with Crippen LogP contribution in [0.25, 0.3) is 10.9 Å². The van der Waals surface area contributed by atoms with Gasteiger partial charge in [0.2, 0.25) is 0 Å². The molecule has 0 bridgehead atoms. The number of rotatable bonds is 1. The van der Waals surface area contributed by atoms with E-state index in [-0.39, 0.29) is 6.61 Å². The fraction of sp³-hybridized carbons (Fsp3) is 0.182. The molecule has 72 valence electrons. The lowest BCUT2D eigenvalue weighted by Crippen LogP contribution is -1.94. The number of hydrogen-bond acceptors (Lipinski definition) is 2. The van der Waals surface area contributed by atoms with E-state index in [0.29, 0.717) is 10.7 Å². The molecule has 0 fully saturated rings. The average molecular weight is 208 g/mol. The van der Waals surface area contributed by atoms with E-state index in [0.717, 1.165) is 16.5 Å². The van der Waals surface area contributed by atoms with Crippen LogP contribution >= 0.6 is 11.6 Å².